The Bertz CT molecular complexity index is 252. The number of pyridine rings is 1. The third-order valence-corrected chi connectivity index (χ3v) is 2.44. The Balaban J connectivity index is 2.03. The van der Waals surface area contributed by atoms with E-state index in [1.54, 1.807) is 0 Å². The molecule has 3 nitrogen and oxygen atoms in total. The van der Waals surface area contributed by atoms with Crippen LogP contribution >= 0.6 is 0 Å². The molecule has 1 N–H and O–H groups in total. The predicted octanol–water partition coefficient (Wildman–Crippen LogP) is -0.422. The van der Waals surface area contributed by atoms with E-state index in [4.69, 9.17) is 0 Å². The standard InChI is InChI=1S/C10H15N3/c1-12-6-8-13(9-7-12)10-4-2-3-5-11-10/h2-5,12H,1,6-9H2. The highest BCUT2D eigenvalue weighted by atomic mass is 15.3. The SMILES string of the molecule is [CH2-][NH+]1CCN(c2ccccn2)CC1. The number of nitrogens with zero attached hydrogens (tertiary/aromatic N) is 2. The van der Waals surface area contributed by atoms with Crippen LogP contribution in [0.1, 0.15) is 0 Å². The fourth-order valence-electron chi connectivity index (χ4n) is 1.59. The van der Waals surface area contributed by atoms with Crippen molar-refractivity contribution in [1.29, 1.82) is 0 Å². The lowest BCUT2D eigenvalue weighted by Gasteiger charge is -2.34. The lowest BCUT2D eigenvalue weighted by molar-refractivity contribution is -0.854. The minimum absolute atomic E-state index is 1.07. The molecule has 13 heavy (non-hydrogen) atoms. The first-order valence-electron chi connectivity index (χ1n) is 4.69. The molecule has 0 unspecified atom stereocenters. The number of aromatic nitrogens is 1. The van der Waals surface area contributed by atoms with E-state index in [-0.39, 0.29) is 0 Å². The second kappa shape index (κ2) is 3.75. The fraction of sp³-hybridized carbons (Fsp3) is 0.400. The Morgan fingerprint density at radius 3 is 2.69 bits per heavy atom. The monoisotopic (exact) mass is 177 g/mol. The van der Waals surface area contributed by atoms with Crippen molar-refractivity contribution in [1.82, 2.24) is 4.98 Å². The number of hydrogen-bond acceptors (Lipinski definition) is 2. The van der Waals surface area contributed by atoms with Crippen LogP contribution in [0, 0.1) is 7.05 Å². The molecule has 0 aromatic carbocycles. The van der Waals surface area contributed by atoms with Crippen molar-refractivity contribution >= 4 is 5.82 Å². The fourth-order valence-corrected chi connectivity index (χ4v) is 1.59. The highest BCUT2D eigenvalue weighted by Crippen LogP contribution is 2.07. The Morgan fingerprint density at radius 2 is 2.08 bits per heavy atom. The van der Waals surface area contributed by atoms with Gasteiger partial charge in [-0.1, -0.05) is 6.07 Å². The first kappa shape index (κ1) is 8.51. The lowest BCUT2D eigenvalue weighted by atomic mass is 10.3. The Hall–Kier alpha value is -1.09. The quantitative estimate of drug-likeness (QED) is 0.588. The van der Waals surface area contributed by atoms with Crippen LogP contribution in [0.4, 0.5) is 5.82 Å². The first-order valence-corrected chi connectivity index (χ1v) is 4.69. The van der Waals surface area contributed by atoms with Crippen LogP contribution in [0.25, 0.3) is 0 Å². The van der Waals surface area contributed by atoms with Gasteiger partial charge in [0.1, 0.15) is 5.82 Å². The number of rotatable bonds is 1. The Labute approximate surface area is 79.0 Å². The zero-order chi connectivity index (χ0) is 9.10. The molecule has 1 aromatic rings. The number of piperazine rings is 1. The third kappa shape index (κ3) is 1.98. The van der Waals surface area contributed by atoms with Crippen LogP contribution in [0.3, 0.4) is 0 Å². The van der Waals surface area contributed by atoms with Crippen LogP contribution in [0.5, 0.6) is 0 Å². The number of anilines is 1. The van der Waals surface area contributed by atoms with Crippen molar-refractivity contribution in [2.75, 3.05) is 31.1 Å². The van der Waals surface area contributed by atoms with Gasteiger partial charge in [-0.2, -0.15) is 7.05 Å². The summed E-state index contributed by atoms with van der Waals surface area (Å²) in [6.07, 6.45) is 1.85. The molecule has 0 atom stereocenters. The van der Waals surface area contributed by atoms with Crippen molar-refractivity contribution in [2.45, 2.75) is 0 Å². The summed E-state index contributed by atoms with van der Waals surface area (Å²) >= 11 is 0. The predicted molar refractivity (Wildman–Crippen MR) is 52.5 cm³/mol. The van der Waals surface area contributed by atoms with Gasteiger partial charge in [0.15, 0.2) is 0 Å². The van der Waals surface area contributed by atoms with E-state index in [0.717, 1.165) is 32.0 Å². The zero-order valence-corrected chi connectivity index (χ0v) is 7.74. The van der Waals surface area contributed by atoms with Crippen LogP contribution in [0.2, 0.25) is 0 Å². The maximum atomic E-state index is 4.32. The average molecular weight is 177 g/mol. The maximum absolute atomic E-state index is 4.32. The third-order valence-electron chi connectivity index (χ3n) is 2.44. The van der Waals surface area contributed by atoms with Crippen molar-refractivity contribution < 1.29 is 4.90 Å². The number of nitrogens with one attached hydrogen (secondary N) is 1. The molecule has 0 radical (unpaired) electrons. The minimum atomic E-state index is 1.07. The molecule has 0 aliphatic carbocycles. The van der Waals surface area contributed by atoms with Crippen LogP contribution in [-0.4, -0.2) is 31.2 Å². The molecule has 1 aromatic heterocycles. The first-order chi connectivity index (χ1) is 6.36. The molecular weight excluding hydrogens is 162 g/mol. The van der Waals surface area contributed by atoms with Crippen molar-refractivity contribution in [3.63, 3.8) is 0 Å². The molecular formula is C10H15N3. The molecule has 1 aliphatic heterocycles. The van der Waals surface area contributed by atoms with Crippen molar-refractivity contribution in [3.8, 4) is 0 Å². The molecule has 0 spiro atoms. The van der Waals surface area contributed by atoms with E-state index in [9.17, 15) is 0 Å². The summed E-state index contributed by atoms with van der Waals surface area (Å²) in [6.45, 7) is 4.35. The summed E-state index contributed by atoms with van der Waals surface area (Å²) in [5, 5.41) is 0. The molecule has 0 bridgehead atoms. The average Bonchev–Trinajstić information content (AvgIpc) is 2.20. The van der Waals surface area contributed by atoms with E-state index in [1.165, 1.54) is 4.90 Å². The topological polar surface area (TPSA) is 20.6 Å². The molecule has 0 saturated carbocycles. The highest BCUT2D eigenvalue weighted by Gasteiger charge is 2.14. The Kier molecular flexibility index (Phi) is 2.45. The van der Waals surface area contributed by atoms with Gasteiger partial charge < -0.3 is 9.80 Å². The number of hydrogen-bond donors (Lipinski definition) is 1. The van der Waals surface area contributed by atoms with Gasteiger partial charge in [-0.25, -0.2) is 4.98 Å². The van der Waals surface area contributed by atoms with E-state index in [1.807, 2.05) is 18.3 Å². The summed E-state index contributed by atoms with van der Waals surface area (Å²) in [5.41, 5.74) is 0. The summed E-state index contributed by atoms with van der Waals surface area (Å²) in [6, 6.07) is 6.05. The van der Waals surface area contributed by atoms with Gasteiger partial charge in [-0.05, 0) is 12.1 Å². The van der Waals surface area contributed by atoms with Crippen LogP contribution in [0.15, 0.2) is 24.4 Å². The maximum Gasteiger partial charge on any atom is 0.128 e. The summed E-state index contributed by atoms with van der Waals surface area (Å²) in [4.78, 5) is 8.01. The van der Waals surface area contributed by atoms with Gasteiger partial charge in [0.2, 0.25) is 0 Å². The molecule has 70 valence electrons. The van der Waals surface area contributed by atoms with Crippen molar-refractivity contribution in [3.05, 3.63) is 31.4 Å². The smallest absolute Gasteiger partial charge is 0.128 e. The molecule has 1 fully saturated rings. The van der Waals surface area contributed by atoms with Crippen LogP contribution in [-0.2, 0) is 0 Å². The van der Waals surface area contributed by atoms with Crippen LogP contribution < -0.4 is 9.80 Å². The zero-order valence-electron chi connectivity index (χ0n) is 7.74. The molecule has 2 rings (SSSR count). The Morgan fingerprint density at radius 1 is 1.31 bits per heavy atom. The van der Waals surface area contributed by atoms with E-state index < -0.39 is 0 Å². The molecule has 1 saturated heterocycles. The van der Waals surface area contributed by atoms with E-state index >= 15 is 0 Å². The highest BCUT2D eigenvalue weighted by molar-refractivity contribution is 5.37. The van der Waals surface area contributed by atoms with Gasteiger partial charge in [0.25, 0.3) is 0 Å². The van der Waals surface area contributed by atoms with Gasteiger partial charge >= 0.3 is 0 Å². The molecule has 3 heteroatoms. The normalized spacial score (nSPS) is 19.0. The lowest BCUT2D eigenvalue weighted by Crippen LogP contribution is -3.10. The second-order valence-electron chi connectivity index (χ2n) is 3.42. The largest absolute Gasteiger partial charge is 0.465 e. The van der Waals surface area contributed by atoms with Crippen molar-refractivity contribution in [2.24, 2.45) is 0 Å². The number of quaternary nitrogens is 1. The minimum Gasteiger partial charge on any atom is -0.465 e. The summed E-state index contributed by atoms with van der Waals surface area (Å²) in [7, 11) is 4.00. The van der Waals surface area contributed by atoms with Gasteiger partial charge in [0, 0.05) is 6.20 Å². The van der Waals surface area contributed by atoms with E-state index in [2.05, 4.69) is 23.0 Å². The second-order valence-corrected chi connectivity index (χ2v) is 3.42. The molecule has 0 amide bonds. The van der Waals surface area contributed by atoms with Gasteiger partial charge in [0.05, 0.1) is 26.2 Å². The summed E-state index contributed by atoms with van der Waals surface area (Å²) < 4.78 is 0. The molecule has 2 heterocycles. The van der Waals surface area contributed by atoms with Gasteiger partial charge in [-0.15, -0.1) is 0 Å². The molecule has 1 aliphatic rings. The summed E-state index contributed by atoms with van der Waals surface area (Å²) in [5.74, 6) is 1.09. The van der Waals surface area contributed by atoms with E-state index in [0.29, 0.717) is 0 Å². The van der Waals surface area contributed by atoms with Gasteiger partial charge in [-0.3, -0.25) is 0 Å².